The van der Waals surface area contributed by atoms with Crippen LogP contribution in [0.15, 0.2) is 12.4 Å². The number of rotatable bonds is 6. The van der Waals surface area contributed by atoms with Gasteiger partial charge in [0, 0.05) is 19.6 Å². The molecule has 0 fully saturated rings. The second-order valence-corrected chi connectivity index (χ2v) is 4.54. The lowest BCUT2D eigenvalue weighted by atomic mass is 10.2. The number of nitrogens with one attached hydrogen (secondary N) is 1. The fourth-order valence-corrected chi connectivity index (χ4v) is 1.51. The average Bonchev–Trinajstić information content (AvgIpc) is 2.38. The van der Waals surface area contributed by atoms with Gasteiger partial charge in [-0.3, -0.25) is 4.79 Å². The molecule has 0 atom stereocenters. The Morgan fingerprint density at radius 1 is 1.28 bits per heavy atom. The SMILES string of the molecule is CCN(CC)C(=O)c1cnc(NCC(C)C)cn1. The maximum atomic E-state index is 12.0. The first-order valence-corrected chi connectivity index (χ1v) is 6.43. The van der Waals surface area contributed by atoms with E-state index in [9.17, 15) is 4.79 Å². The standard InChI is InChI=1S/C13H22N4O/c1-5-17(6-2)13(18)11-8-16-12(9-14-11)15-7-10(3)4/h8-10H,5-7H2,1-4H3,(H,15,16). The van der Waals surface area contributed by atoms with Crippen LogP contribution in [0, 0.1) is 5.92 Å². The summed E-state index contributed by atoms with van der Waals surface area (Å²) >= 11 is 0. The third-order valence-corrected chi connectivity index (χ3v) is 2.61. The van der Waals surface area contributed by atoms with E-state index < -0.39 is 0 Å². The van der Waals surface area contributed by atoms with Crippen LogP contribution in [0.4, 0.5) is 5.82 Å². The summed E-state index contributed by atoms with van der Waals surface area (Å²) in [6, 6.07) is 0. The maximum absolute atomic E-state index is 12.0. The van der Waals surface area contributed by atoms with Gasteiger partial charge in [0.25, 0.3) is 5.91 Å². The quantitative estimate of drug-likeness (QED) is 0.839. The Kier molecular flexibility index (Phi) is 5.55. The van der Waals surface area contributed by atoms with Gasteiger partial charge in [0.15, 0.2) is 0 Å². The Bertz CT molecular complexity index is 371. The molecule has 1 amide bonds. The van der Waals surface area contributed by atoms with Gasteiger partial charge in [-0.25, -0.2) is 9.97 Å². The maximum Gasteiger partial charge on any atom is 0.274 e. The molecule has 0 saturated heterocycles. The highest BCUT2D eigenvalue weighted by Gasteiger charge is 2.13. The monoisotopic (exact) mass is 250 g/mol. The lowest BCUT2D eigenvalue weighted by Crippen LogP contribution is -2.31. The Morgan fingerprint density at radius 2 is 1.94 bits per heavy atom. The first-order valence-electron chi connectivity index (χ1n) is 6.43. The van der Waals surface area contributed by atoms with Gasteiger partial charge >= 0.3 is 0 Å². The molecule has 18 heavy (non-hydrogen) atoms. The first-order chi connectivity index (χ1) is 8.58. The fraction of sp³-hybridized carbons (Fsp3) is 0.615. The van der Waals surface area contributed by atoms with Crippen molar-refractivity contribution in [2.45, 2.75) is 27.7 Å². The molecule has 1 N–H and O–H groups in total. The zero-order valence-corrected chi connectivity index (χ0v) is 11.6. The van der Waals surface area contributed by atoms with E-state index >= 15 is 0 Å². The zero-order valence-electron chi connectivity index (χ0n) is 11.6. The summed E-state index contributed by atoms with van der Waals surface area (Å²) in [5.41, 5.74) is 0.397. The van der Waals surface area contributed by atoms with Crippen LogP contribution in [0.2, 0.25) is 0 Å². The van der Waals surface area contributed by atoms with E-state index in [-0.39, 0.29) is 5.91 Å². The Morgan fingerprint density at radius 3 is 2.39 bits per heavy atom. The predicted octanol–water partition coefficient (Wildman–Crippen LogP) is 2.03. The second kappa shape index (κ2) is 6.93. The number of carbonyl (C=O) groups excluding carboxylic acids is 1. The molecule has 0 aromatic carbocycles. The van der Waals surface area contributed by atoms with Gasteiger partial charge in [0.2, 0.25) is 0 Å². The topological polar surface area (TPSA) is 58.1 Å². The summed E-state index contributed by atoms with van der Waals surface area (Å²) in [7, 11) is 0. The molecule has 0 bridgehead atoms. The van der Waals surface area contributed by atoms with Crippen molar-refractivity contribution >= 4 is 11.7 Å². The number of carbonyl (C=O) groups is 1. The molecule has 5 heteroatoms. The number of hydrogen-bond donors (Lipinski definition) is 1. The van der Waals surface area contributed by atoms with E-state index in [0.29, 0.717) is 30.5 Å². The molecule has 0 spiro atoms. The fourth-order valence-electron chi connectivity index (χ4n) is 1.51. The second-order valence-electron chi connectivity index (χ2n) is 4.54. The van der Waals surface area contributed by atoms with Crippen LogP contribution in [0.1, 0.15) is 38.2 Å². The normalized spacial score (nSPS) is 10.5. The number of nitrogens with zero attached hydrogens (tertiary/aromatic N) is 3. The Balaban J connectivity index is 2.67. The number of hydrogen-bond acceptors (Lipinski definition) is 4. The van der Waals surface area contributed by atoms with Crippen molar-refractivity contribution in [2.24, 2.45) is 5.92 Å². The molecule has 0 aliphatic carbocycles. The van der Waals surface area contributed by atoms with Crippen molar-refractivity contribution in [2.75, 3.05) is 25.0 Å². The molecule has 0 unspecified atom stereocenters. The molecule has 100 valence electrons. The van der Waals surface area contributed by atoms with Gasteiger partial charge in [0.05, 0.1) is 12.4 Å². The molecule has 5 nitrogen and oxygen atoms in total. The number of amides is 1. The first kappa shape index (κ1) is 14.4. The van der Waals surface area contributed by atoms with E-state index in [1.54, 1.807) is 11.1 Å². The molecule has 1 rings (SSSR count). The van der Waals surface area contributed by atoms with Crippen LogP contribution in [-0.2, 0) is 0 Å². The predicted molar refractivity (Wildman–Crippen MR) is 72.6 cm³/mol. The highest BCUT2D eigenvalue weighted by molar-refractivity contribution is 5.92. The summed E-state index contributed by atoms with van der Waals surface area (Å²) in [5, 5.41) is 3.17. The van der Waals surface area contributed by atoms with Gasteiger partial charge in [-0.2, -0.15) is 0 Å². The van der Waals surface area contributed by atoms with E-state index in [1.165, 1.54) is 6.20 Å². The minimum absolute atomic E-state index is 0.0668. The van der Waals surface area contributed by atoms with Crippen molar-refractivity contribution in [3.8, 4) is 0 Å². The molecule has 1 aromatic rings. The van der Waals surface area contributed by atoms with Crippen LogP contribution in [0.25, 0.3) is 0 Å². The summed E-state index contributed by atoms with van der Waals surface area (Å²) < 4.78 is 0. The minimum atomic E-state index is -0.0668. The van der Waals surface area contributed by atoms with E-state index in [0.717, 1.165) is 6.54 Å². The highest BCUT2D eigenvalue weighted by atomic mass is 16.2. The minimum Gasteiger partial charge on any atom is -0.369 e. The molecule has 0 saturated carbocycles. The number of anilines is 1. The van der Waals surface area contributed by atoms with Crippen molar-refractivity contribution in [1.82, 2.24) is 14.9 Å². The van der Waals surface area contributed by atoms with Gasteiger partial charge < -0.3 is 10.2 Å². The molecule has 0 radical (unpaired) electrons. The molecular formula is C13H22N4O. The van der Waals surface area contributed by atoms with E-state index in [1.807, 2.05) is 13.8 Å². The molecule has 0 aliphatic rings. The summed E-state index contributed by atoms with van der Waals surface area (Å²) in [4.78, 5) is 22.1. The molecule has 1 aromatic heterocycles. The van der Waals surface area contributed by atoms with Crippen LogP contribution < -0.4 is 5.32 Å². The van der Waals surface area contributed by atoms with Gasteiger partial charge in [-0.15, -0.1) is 0 Å². The molecule has 0 aliphatic heterocycles. The van der Waals surface area contributed by atoms with E-state index in [4.69, 9.17) is 0 Å². The van der Waals surface area contributed by atoms with Crippen LogP contribution in [0.5, 0.6) is 0 Å². The Hall–Kier alpha value is -1.65. The molecule has 1 heterocycles. The summed E-state index contributed by atoms with van der Waals surface area (Å²) in [6.45, 7) is 10.4. The van der Waals surface area contributed by atoms with Gasteiger partial charge in [0.1, 0.15) is 11.5 Å². The number of aromatic nitrogens is 2. The Labute approximate surface area is 109 Å². The average molecular weight is 250 g/mol. The van der Waals surface area contributed by atoms with Crippen LogP contribution in [-0.4, -0.2) is 40.4 Å². The van der Waals surface area contributed by atoms with Crippen LogP contribution >= 0.6 is 0 Å². The smallest absolute Gasteiger partial charge is 0.274 e. The zero-order chi connectivity index (χ0) is 13.5. The summed E-state index contributed by atoms with van der Waals surface area (Å²) in [5.74, 6) is 1.19. The van der Waals surface area contributed by atoms with Crippen molar-refractivity contribution < 1.29 is 4.79 Å². The van der Waals surface area contributed by atoms with Gasteiger partial charge in [-0.1, -0.05) is 13.8 Å². The highest BCUT2D eigenvalue weighted by Crippen LogP contribution is 2.05. The third-order valence-electron chi connectivity index (χ3n) is 2.61. The lowest BCUT2D eigenvalue weighted by Gasteiger charge is -2.17. The van der Waals surface area contributed by atoms with Crippen molar-refractivity contribution in [1.29, 1.82) is 0 Å². The van der Waals surface area contributed by atoms with Crippen LogP contribution in [0.3, 0.4) is 0 Å². The van der Waals surface area contributed by atoms with Gasteiger partial charge in [-0.05, 0) is 19.8 Å². The lowest BCUT2D eigenvalue weighted by molar-refractivity contribution is 0.0766. The third kappa shape index (κ3) is 3.98. The summed E-state index contributed by atoms with van der Waals surface area (Å²) in [6.07, 6.45) is 3.14. The largest absolute Gasteiger partial charge is 0.369 e. The van der Waals surface area contributed by atoms with Crippen molar-refractivity contribution in [3.05, 3.63) is 18.1 Å². The van der Waals surface area contributed by atoms with Crippen molar-refractivity contribution in [3.63, 3.8) is 0 Å². The van der Waals surface area contributed by atoms with E-state index in [2.05, 4.69) is 29.1 Å². The molecular weight excluding hydrogens is 228 g/mol.